The molecule has 0 radical (unpaired) electrons. The number of methoxy groups -OCH3 is 2. The molecule has 1 saturated heterocycles. The van der Waals surface area contributed by atoms with E-state index in [1.54, 1.807) is 14.2 Å². The van der Waals surface area contributed by atoms with Crippen molar-refractivity contribution in [1.29, 1.82) is 0 Å². The number of hydrogen-bond donors (Lipinski definition) is 2. The van der Waals surface area contributed by atoms with E-state index in [-0.39, 0.29) is 5.91 Å². The van der Waals surface area contributed by atoms with Crippen molar-refractivity contribution in [2.24, 2.45) is 0 Å². The van der Waals surface area contributed by atoms with Crippen LogP contribution >= 0.6 is 0 Å². The van der Waals surface area contributed by atoms with Gasteiger partial charge in [-0.2, -0.15) is 0 Å². The second kappa shape index (κ2) is 9.87. The lowest BCUT2D eigenvalue weighted by atomic mass is 9.96. The van der Waals surface area contributed by atoms with E-state index < -0.39 is 0 Å². The highest BCUT2D eigenvalue weighted by atomic mass is 16.5. The van der Waals surface area contributed by atoms with Crippen molar-refractivity contribution in [2.45, 2.75) is 65.1 Å². The maximum absolute atomic E-state index is 12.9. The molecule has 2 heterocycles. The number of carbonyl (C=O) groups excluding carboxylic acids is 1. The molecule has 2 atom stereocenters. The van der Waals surface area contributed by atoms with Crippen molar-refractivity contribution < 1.29 is 14.3 Å². The van der Waals surface area contributed by atoms with Gasteiger partial charge in [-0.3, -0.25) is 9.69 Å². The van der Waals surface area contributed by atoms with Gasteiger partial charge in [0.2, 0.25) is 0 Å². The summed E-state index contributed by atoms with van der Waals surface area (Å²) in [6.07, 6.45) is 4.57. The summed E-state index contributed by atoms with van der Waals surface area (Å²) in [7, 11) is 3.19. The zero-order valence-corrected chi connectivity index (χ0v) is 20.3. The lowest BCUT2D eigenvalue weighted by molar-refractivity contribution is -0.110. The molecule has 2 aromatic rings. The second-order valence-corrected chi connectivity index (χ2v) is 9.04. The molecule has 33 heavy (non-hydrogen) atoms. The van der Waals surface area contributed by atoms with Crippen molar-refractivity contribution in [3.8, 4) is 11.5 Å². The standard InChI is InChI=1S/C27H35N3O3/c1-6-22(26-21-14-24(32-4)25(33-5)15-23(21)29-27(26)31)28-20-12-10-19(11-13-20)16-30-17(2)8-7-9-18(30)3/h10-15,17-18,28H,6-9,16H2,1-5H3,(H,29,31). The molecule has 6 heteroatoms. The number of rotatable bonds is 7. The molecule has 4 rings (SSSR count). The molecule has 2 aliphatic rings. The minimum atomic E-state index is -0.116. The van der Waals surface area contributed by atoms with Gasteiger partial charge in [0, 0.05) is 41.6 Å². The molecule has 0 spiro atoms. The van der Waals surface area contributed by atoms with Crippen molar-refractivity contribution in [3.05, 3.63) is 53.2 Å². The number of likely N-dealkylation sites (tertiary alicyclic amines) is 1. The first-order chi connectivity index (χ1) is 15.9. The summed E-state index contributed by atoms with van der Waals surface area (Å²) in [4.78, 5) is 15.5. The fraction of sp³-hybridized carbons (Fsp3) is 0.444. The summed E-state index contributed by atoms with van der Waals surface area (Å²) in [6, 6.07) is 13.5. The number of anilines is 2. The Morgan fingerprint density at radius 1 is 1.06 bits per heavy atom. The van der Waals surface area contributed by atoms with Gasteiger partial charge < -0.3 is 20.1 Å². The van der Waals surface area contributed by atoms with Crippen LogP contribution in [0.4, 0.5) is 11.4 Å². The highest BCUT2D eigenvalue weighted by Crippen LogP contribution is 2.42. The number of ether oxygens (including phenoxy) is 2. The summed E-state index contributed by atoms with van der Waals surface area (Å²) in [5.74, 6) is 1.08. The lowest BCUT2D eigenvalue weighted by Crippen LogP contribution is -2.42. The molecule has 2 aliphatic heterocycles. The number of amides is 1. The van der Waals surface area contributed by atoms with Gasteiger partial charge in [0.15, 0.2) is 11.5 Å². The van der Waals surface area contributed by atoms with Crippen molar-refractivity contribution in [2.75, 3.05) is 24.9 Å². The molecule has 2 N–H and O–H groups in total. The van der Waals surface area contributed by atoms with E-state index in [0.717, 1.165) is 29.2 Å². The summed E-state index contributed by atoms with van der Waals surface area (Å²) in [6.45, 7) is 7.69. The fourth-order valence-corrected chi connectivity index (χ4v) is 4.99. The third-order valence-corrected chi connectivity index (χ3v) is 6.91. The van der Waals surface area contributed by atoms with Crippen LogP contribution in [-0.4, -0.2) is 37.1 Å². The van der Waals surface area contributed by atoms with Crippen LogP contribution < -0.4 is 20.1 Å². The van der Waals surface area contributed by atoms with Crippen LogP contribution in [0.15, 0.2) is 42.1 Å². The topological polar surface area (TPSA) is 62.8 Å². The minimum absolute atomic E-state index is 0.116. The number of benzene rings is 2. The first-order valence-electron chi connectivity index (χ1n) is 11.9. The summed E-state index contributed by atoms with van der Waals surface area (Å²) in [5, 5.41) is 6.45. The summed E-state index contributed by atoms with van der Waals surface area (Å²) >= 11 is 0. The van der Waals surface area contributed by atoms with Gasteiger partial charge >= 0.3 is 0 Å². The Hall–Kier alpha value is -2.99. The van der Waals surface area contributed by atoms with Gasteiger partial charge in [-0.05, 0) is 56.9 Å². The third-order valence-electron chi connectivity index (χ3n) is 6.91. The average molecular weight is 450 g/mol. The molecule has 0 aromatic heterocycles. The largest absolute Gasteiger partial charge is 0.493 e. The first-order valence-corrected chi connectivity index (χ1v) is 11.9. The first kappa shape index (κ1) is 23.2. The van der Waals surface area contributed by atoms with Crippen LogP contribution in [0.3, 0.4) is 0 Å². The van der Waals surface area contributed by atoms with E-state index in [9.17, 15) is 4.79 Å². The van der Waals surface area contributed by atoms with E-state index in [4.69, 9.17) is 9.47 Å². The third kappa shape index (κ3) is 4.71. The second-order valence-electron chi connectivity index (χ2n) is 9.04. The zero-order valence-electron chi connectivity index (χ0n) is 20.3. The molecule has 2 aromatic carbocycles. The number of hydrogen-bond acceptors (Lipinski definition) is 5. The number of piperidine rings is 1. The van der Waals surface area contributed by atoms with Gasteiger partial charge in [-0.25, -0.2) is 0 Å². The van der Waals surface area contributed by atoms with Crippen molar-refractivity contribution in [1.82, 2.24) is 4.90 Å². The number of nitrogens with zero attached hydrogens (tertiary/aromatic N) is 1. The van der Waals surface area contributed by atoms with Gasteiger partial charge in [-0.1, -0.05) is 25.5 Å². The monoisotopic (exact) mass is 449 g/mol. The number of nitrogens with one attached hydrogen (secondary N) is 2. The van der Waals surface area contributed by atoms with E-state index >= 15 is 0 Å². The Labute approximate surface area is 197 Å². The highest BCUT2D eigenvalue weighted by molar-refractivity contribution is 6.32. The van der Waals surface area contributed by atoms with Crippen LogP contribution in [0.25, 0.3) is 5.57 Å². The van der Waals surface area contributed by atoms with E-state index in [1.165, 1.54) is 24.8 Å². The van der Waals surface area contributed by atoms with Crippen molar-refractivity contribution in [3.63, 3.8) is 0 Å². The summed E-state index contributed by atoms with van der Waals surface area (Å²) < 4.78 is 10.8. The average Bonchev–Trinajstić information content (AvgIpc) is 3.14. The molecule has 0 bridgehead atoms. The smallest absolute Gasteiger partial charge is 0.258 e. The molecule has 0 aliphatic carbocycles. The fourth-order valence-electron chi connectivity index (χ4n) is 4.99. The predicted molar refractivity (Wildman–Crippen MR) is 134 cm³/mol. The molecule has 1 fully saturated rings. The number of allylic oxidation sites excluding steroid dienone is 1. The molecule has 6 nitrogen and oxygen atoms in total. The zero-order chi connectivity index (χ0) is 23.5. The van der Waals surface area contributed by atoms with Gasteiger partial charge in [-0.15, -0.1) is 0 Å². The van der Waals surface area contributed by atoms with Crippen LogP contribution in [0.1, 0.15) is 57.6 Å². The molecule has 2 unspecified atom stereocenters. The van der Waals surface area contributed by atoms with Gasteiger partial charge in [0.25, 0.3) is 5.91 Å². The number of carbonyl (C=O) groups is 1. The Morgan fingerprint density at radius 2 is 1.70 bits per heavy atom. The van der Waals surface area contributed by atoms with Crippen LogP contribution in [0.5, 0.6) is 11.5 Å². The Balaban J connectivity index is 1.56. The van der Waals surface area contributed by atoms with E-state index in [1.807, 2.05) is 12.1 Å². The normalized spacial score (nSPS) is 21.9. The van der Waals surface area contributed by atoms with Crippen molar-refractivity contribution >= 4 is 22.9 Å². The molecule has 0 saturated carbocycles. The summed E-state index contributed by atoms with van der Waals surface area (Å²) in [5.41, 5.74) is 5.38. The molecule has 1 amide bonds. The Morgan fingerprint density at radius 3 is 2.30 bits per heavy atom. The van der Waals surface area contributed by atoms with Crippen LogP contribution in [0, 0.1) is 0 Å². The van der Waals surface area contributed by atoms with E-state index in [2.05, 4.69) is 60.6 Å². The Bertz CT molecular complexity index is 1040. The maximum atomic E-state index is 12.9. The van der Waals surface area contributed by atoms with Gasteiger partial charge in [0.1, 0.15) is 0 Å². The Kier molecular flexibility index (Phi) is 6.94. The minimum Gasteiger partial charge on any atom is -0.493 e. The molecular weight excluding hydrogens is 414 g/mol. The predicted octanol–water partition coefficient (Wildman–Crippen LogP) is 5.65. The lowest BCUT2D eigenvalue weighted by Gasteiger charge is -2.39. The SMILES string of the molecule is CCC(Nc1ccc(CN2C(C)CCCC2C)cc1)=C1C(=O)Nc2cc(OC)c(OC)cc21. The van der Waals surface area contributed by atoms with Gasteiger partial charge in [0.05, 0.1) is 25.5 Å². The highest BCUT2D eigenvalue weighted by Gasteiger charge is 2.29. The van der Waals surface area contributed by atoms with E-state index in [0.29, 0.717) is 35.6 Å². The molecular formula is C27H35N3O3. The van der Waals surface area contributed by atoms with Crippen LogP contribution in [0.2, 0.25) is 0 Å². The maximum Gasteiger partial charge on any atom is 0.258 e. The quantitative estimate of drug-likeness (QED) is 0.535. The molecule has 176 valence electrons. The number of fused-ring (bicyclic) bond motifs is 1. The van der Waals surface area contributed by atoms with Crippen LogP contribution in [-0.2, 0) is 11.3 Å².